The maximum absolute atomic E-state index is 12.9. The van der Waals surface area contributed by atoms with E-state index in [1.54, 1.807) is 12.1 Å². The summed E-state index contributed by atoms with van der Waals surface area (Å²) in [6.07, 6.45) is 0. The smallest absolute Gasteiger partial charge is 0.392 e. The Bertz CT molecular complexity index is 741. The Hall–Kier alpha value is -2.90. The fourth-order valence-electron chi connectivity index (χ4n) is 2.28. The van der Waals surface area contributed by atoms with Crippen molar-refractivity contribution in [2.75, 3.05) is 11.9 Å². The summed E-state index contributed by atoms with van der Waals surface area (Å²) in [5, 5.41) is 8.90. The molecular weight excluding hydrogens is 293 g/mol. The van der Waals surface area contributed by atoms with Gasteiger partial charge in [0.15, 0.2) is 11.6 Å². The average molecular weight is 305 g/mol. The van der Waals surface area contributed by atoms with Crippen LogP contribution in [-0.2, 0) is 13.1 Å². The summed E-state index contributed by atoms with van der Waals surface area (Å²) in [6.45, 7) is 0.363. The van der Waals surface area contributed by atoms with Gasteiger partial charge in [0.25, 0.3) is 0 Å². The Kier molecular flexibility index (Phi) is 3.28. The zero-order valence-electron chi connectivity index (χ0n) is 11.6. The number of aromatic carboxylic acids is 1. The fourth-order valence-corrected chi connectivity index (χ4v) is 2.28. The molecule has 2 heterocycles. The van der Waals surface area contributed by atoms with Crippen molar-refractivity contribution in [3.63, 3.8) is 0 Å². The minimum Gasteiger partial charge on any atom is -0.474 e. The van der Waals surface area contributed by atoms with Gasteiger partial charge >= 0.3 is 17.9 Å². The molecule has 0 unspecified atom stereocenters. The fraction of sp³-hybridized carbons (Fsp3) is 0.214. The Morgan fingerprint density at radius 3 is 2.73 bits per heavy atom. The van der Waals surface area contributed by atoms with E-state index in [1.165, 1.54) is 29.0 Å². The predicted octanol–water partition coefficient (Wildman–Crippen LogP) is 2.08. The molecule has 1 aromatic heterocycles. The summed E-state index contributed by atoms with van der Waals surface area (Å²) in [5.41, 5.74) is 0.754. The average Bonchev–Trinajstić information content (AvgIpc) is 2.91. The lowest BCUT2D eigenvalue weighted by molar-refractivity contribution is 0.0650. The first-order valence-corrected chi connectivity index (χ1v) is 6.46. The van der Waals surface area contributed by atoms with Crippen LogP contribution >= 0.6 is 0 Å². The third kappa shape index (κ3) is 2.39. The van der Waals surface area contributed by atoms with Crippen LogP contribution < -0.4 is 4.90 Å². The summed E-state index contributed by atoms with van der Waals surface area (Å²) in [5.74, 6) is -1.58. The van der Waals surface area contributed by atoms with E-state index in [1.807, 2.05) is 0 Å². The number of carboxylic acids is 1. The molecule has 1 N–H and O–H groups in total. The van der Waals surface area contributed by atoms with Crippen LogP contribution in [0.25, 0.3) is 0 Å². The number of hydrogen-bond acceptors (Lipinski definition) is 4. The van der Waals surface area contributed by atoms with E-state index in [0.717, 1.165) is 5.56 Å². The second kappa shape index (κ2) is 5.14. The van der Waals surface area contributed by atoms with E-state index in [-0.39, 0.29) is 30.8 Å². The monoisotopic (exact) mass is 305 g/mol. The molecule has 1 aromatic carbocycles. The topological polar surface area (TPSA) is 86.9 Å². The third-order valence-electron chi connectivity index (χ3n) is 3.36. The van der Waals surface area contributed by atoms with Crippen molar-refractivity contribution in [2.24, 2.45) is 0 Å². The van der Waals surface area contributed by atoms with Crippen LogP contribution in [0.3, 0.4) is 0 Å². The van der Waals surface area contributed by atoms with Crippen LogP contribution in [0.2, 0.25) is 0 Å². The van der Waals surface area contributed by atoms with Crippen molar-refractivity contribution < 1.29 is 23.5 Å². The van der Waals surface area contributed by atoms with Gasteiger partial charge in [0.2, 0.25) is 0 Å². The minimum atomic E-state index is -1.29. The lowest BCUT2D eigenvalue weighted by Crippen LogP contribution is -2.44. The number of nitrogens with zero attached hydrogens (tertiary/aromatic N) is 3. The molecule has 2 aromatic rings. The zero-order valence-corrected chi connectivity index (χ0v) is 11.6. The van der Waals surface area contributed by atoms with Crippen LogP contribution in [-0.4, -0.2) is 34.0 Å². The number of fused-ring (bicyclic) bond motifs is 1. The number of amides is 2. The Morgan fingerprint density at radius 1 is 1.41 bits per heavy atom. The molecule has 1 aliphatic heterocycles. The first-order chi connectivity index (χ1) is 10.5. The number of urea groups is 1. The largest absolute Gasteiger partial charge is 0.474 e. The molecule has 0 spiro atoms. The zero-order chi connectivity index (χ0) is 15.9. The van der Waals surface area contributed by atoms with Crippen molar-refractivity contribution in [3.05, 3.63) is 47.3 Å². The van der Waals surface area contributed by atoms with Crippen LogP contribution in [0.4, 0.5) is 15.0 Å². The molecular formula is C14H12FN3O4. The van der Waals surface area contributed by atoms with E-state index in [0.29, 0.717) is 5.76 Å². The predicted molar refractivity (Wildman–Crippen MR) is 72.9 cm³/mol. The van der Waals surface area contributed by atoms with Gasteiger partial charge in [-0.1, -0.05) is 12.1 Å². The summed E-state index contributed by atoms with van der Waals surface area (Å²) >= 11 is 0. The molecule has 8 heteroatoms. The summed E-state index contributed by atoms with van der Waals surface area (Å²) < 4.78 is 18.1. The lowest BCUT2D eigenvalue weighted by atomic mass is 10.2. The van der Waals surface area contributed by atoms with Crippen LogP contribution in [0.5, 0.6) is 0 Å². The van der Waals surface area contributed by atoms with E-state index in [9.17, 15) is 14.0 Å². The number of carbonyl (C=O) groups excluding carboxylic acids is 1. The number of rotatable bonds is 3. The Morgan fingerprint density at radius 2 is 2.09 bits per heavy atom. The highest BCUT2D eigenvalue weighted by molar-refractivity contribution is 5.93. The van der Waals surface area contributed by atoms with Crippen molar-refractivity contribution >= 4 is 17.8 Å². The van der Waals surface area contributed by atoms with Gasteiger partial charge in [0.1, 0.15) is 5.82 Å². The first-order valence-electron chi connectivity index (χ1n) is 6.46. The van der Waals surface area contributed by atoms with Gasteiger partial charge in [-0.3, -0.25) is 4.90 Å². The van der Waals surface area contributed by atoms with E-state index in [2.05, 4.69) is 4.98 Å². The van der Waals surface area contributed by atoms with Gasteiger partial charge in [0, 0.05) is 13.6 Å². The normalized spacial score (nSPS) is 14.2. The number of carboxylic acid groups (broad SMARTS) is 1. The number of oxazole rings is 1. The van der Waals surface area contributed by atoms with Gasteiger partial charge in [-0.25, -0.2) is 14.0 Å². The van der Waals surface area contributed by atoms with Gasteiger partial charge in [-0.05, 0) is 17.7 Å². The van der Waals surface area contributed by atoms with Gasteiger partial charge in [-0.2, -0.15) is 4.98 Å². The van der Waals surface area contributed by atoms with E-state index < -0.39 is 11.9 Å². The number of benzene rings is 1. The molecule has 0 aliphatic carbocycles. The van der Waals surface area contributed by atoms with E-state index >= 15 is 0 Å². The first kappa shape index (κ1) is 14.1. The number of anilines is 1. The van der Waals surface area contributed by atoms with E-state index in [4.69, 9.17) is 9.52 Å². The second-order valence-electron chi connectivity index (χ2n) is 4.90. The molecule has 0 saturated carbocycles. The number of aromatic nitrogens is 1. The Labute approximate surface area is 124 Å². The van der Waals surface area contributed by atoms with Crippen molar-refractivity contribution in [3.8, 4) is 0 Å². The molecule has 1 aliphatic rings. The maximum atomic E-state index is 12.9. The van der Waals surface area contributed by atoms with Crippen LogP contribution in [0.1, 0.15) is 22.0 Å². The Balaban J connectivity index is 1.86. The highest BCUT2D eigenvalue weighted by Gasteiger charge is 2.33. The van der Waals surface area contributed by atoms with Crippen molar-refractivity contribution in [1.82, 2.24) is 9.88 Å². The summed E-state index contributed by atoms with van der Waals surface area (Å²) in [7, 11) is 1.49. The van der Waals surface area contributed by atoms with Crippen molar-refractivity contribution in [1.29, 1.82) is 0 Å². The molecule has 22 heavy (non-hydrogen) atoms. The standard InChI is InChI=1S/C14H12FN3O4/c1-17-11-10(22-12(16-11)13(19)20)7-18(14(17)21)6-8-2-4-9(15)5-3-8/h2-5H,6-7H2,1H3,(H,19,20). The molecule has 0 bridgehead atoms. The molecule has 0 atom stereocenters. The van der Waals surface area contributed by atoms with Gasteiger partial charge in [-0.15, -0.1) is 0 Å². The molecule has 0 radical (unpaired) electrons. The summed E-state index contributed by atoms with van der Waals surface area (Å²) in [4.78, 5) is 29.7. The number of carbonyl (C=O) groups is 2. The molecule has 7 nitrogen and oxygen atoms in total. The molecule has 114 valence electrons. The number of halogens is 1. The minimum absolute atomic E-state index is 0.107. The second-order valence-corrected chi connectivity index (χ2v) is 4.90. The highest BCUT2D eigenvalue weighted by Crippen LogP contribution is 2.28. The van der Waals surface area contributed by atoms with Gasteiger partial charge < -0.3 is 14.4 Å². The van der Waals surface area contributed by atoms with Gasteiger partial charge in [0.05, 0.1) is 6.54 Å². The van der Waals surface area contributed by atoms with Crippen molar-refractivity contribution in [2.45, 2.75) is 13.1 Å². The highest BCUT2D eigenvalue weighted by atomic mass is 19.1. The lowest BCUT2D eigenvalue weighted by Gasteiger charge is -2.31. The quantitative estimate of drug-likeness (QED) is 0.938. The SMILES string of the molecule is CN1C(=O)N(Cc2ccc(F)cc2)Cc2oc(C(=O)O)nc21. The third-order valence-corrected chi connectivity index (χ3v) is 3.36. The maximum Gasteiger partial charge on any atom is 0.392 e. The molecule has 0 saturated heterocycles. The molecule has 0 fully saturated rings. The van der Waals surface area contributed by atoms with Crippen LogP contribution in [0.15, 0.2) is 28.7 Å². The number of hydrogen-bond donors (Lipinski definition) is 1. The molecule has 3 rings (SSSR count). The van der Waals surface area contributed by atoms with Crippen LogP contribution in [0, 0.1) is 5.82 Å². The molecule has 2 amide bonds. The summed E-state index contributed by atoms with van der Waals surface area (Å²) in [6, 6.07) is 5.47.